The fourth-order valence-corrected chi connectivity index (χ4v) is 0.867. The molecule has 0 heterocycles. The van der Waals surface area contributed by atoms with Gasteiger partial charge in [0, 0.05) is 12.8 Å². The van der Waals surface area contributed by atoms with Gasteiger partial charge in [0.05, 0.1) is 5.70 Å². The highest BCUT2D eigenvalue weighted by atomic mass is 15.1. The van der Waals surface area contributed by atoms with Crippen molar-refractivity contribution in [2.75, 3.05) is 20.6 Å². The fraction of sp³-hybridized carbons (Fsp3) is 0.727. The van der Waals surface area contributed by atoms with Crippen molar-refractivity contribution in [3.05, 3.63) is 11.3 Å². The molecule has 0 aliphatic rings. The van der Waals surface area contributed by atoms with Crippen LogP contribution in [0.4, 0.5) is 0 Å². The van der Waals surface area contributed by atoms with E-state index in [1.807, 2.05) is 6.21 Å². The molecule has 76 valence electrons. The van der Waals surface area contributed by atoms with Crippen LogP contribution in [0.15, 0.2) is 16.3 Å². The molecule has 2 heteroatoms. The molecule has 0 atom stereocenters. The van der Waals surface area contributed by atoms with Crippen LogP contribution >= 0.6 is 0 Å². The molecule has 0 unspecified atom stereocenters. The Balaban J connectivity index is 4.38. The van der Waals surface area contributed by atoms with Crippen LogP contribution in [0.2, 0.25) is 0 Å². The monoisotopic (exact) mass is 182 g/mol. The lowest BCUT2D eigenvalue weighted by molar-refractivity contribution is 0.442. The number of nitrogens with zero attached hydrogens (tertiary/aromatic N) is 2. The molecule has 0 rings (SSSR count). The molecule has 0 aromatic rings. The van der Waals surface area contributed by atoms with Gasteiger partial charge in [-0.15, -0.1) is 0 Å². The maximum absolute atomic E-state index is 4.48. The summed E-state index contributed by atoms with van der Waals surface area (Å²) < 4.78 is 0. The quantitative estimate of drug-likeness (QED) is 0.610. The third-order valence-electron chi connectivity index (χ3n) is 1.57. The summed E-state index contributed by atoms with van der Waals surface area (Å²) in [5.74, 6) is 0.525. The molecule has 0 amide bonds. The highest BCUT2D eigenvalue weighted by Crippen LogP contribution is 2.06. The SMILES string of the molecule is CC(C)=C(CN(C)C)N=CC(C)C. The third kappa shape index (κ3) is 6.52. The maximum Gasteiger partial charge on any atom is 0.0526 e. The number of likely N-dealkylation sites (N-methyl/N-ethyl adjacent to an activating group) is 1. The van der Waals surface area contributed by atoms with E-state index in [1.165, 1.54) is 11.3 Å². The zero-order valence-corrected chi connectivity index (χ0v) is 9.76. The third-order valence-corrected chi connectivity index (χ3v) is 1.57. The molecule has 0 N–H and O–H groups in total. The molecule has 0 aliphatic heterocycles. The normalized spacial score (nSPS) is 11.7. The van der Waals surface area contributed by atoms with Gasteiger partial charge in [0.2, 0.25) is 0 Å². The zero-order chi connectivity index (χ0) is 10.4. The van der Waals surface area contributed by atoms with Crippen molar-refractivity contribution in [2.24, 2.45) is 10.9 Å². The minimum absolute atomic E-state index is 0.525. The number of rotatable bonds is 4. The average molecular weight is 182 g/mol. The summed E-state index contributed by atoms with van der Waals surface area (Å²) >= 11 is 0. The van der Waals surface area contributed by atoms with Gasteiger partial charge in [0.1, 0.15) is 0 Å². The summed E-state index contributed by atoms with van der Waals surface area (Å²) in [4.78, 5) is 6.61. The van der Waals surface area contributed by atoms with Crippen LogP contribution in [-0.2, 0) is 0 Å². The van der Waals surface area contributed by atoms with Gasteiger partial charge < -0.3 is 4.90 Å². The Morgan fingerprint density at radius 2 is 1.85 bits per heavy atom. The van der Waals surface area contributed by atoms with Gasteiger partial charge in [0.25, 0.3) is 0 Å². The van der Waals surface area contributed by atoms with Crippen molar-refractivity contribution in [1.82, 2.24) is 4.90 Å². The van der Waals surface area contributed by atoms with Gasteiger partial charge in [-0.25, -0.2) is 0 Å². The molecule has 2 nitrogen and oxygen atoms in total. The van der Waals surface area contributed by atoms with Crippen LogP contribution in [0.3, 0.4) is 0 Å². The first-order chi connectivity index (χ1) is 5.93. The number of aliphatic imine (C=N–C) groups is 1. The van der Waals surface area contributed by atoms with Crippen molar-refractivity contribution in [2.45, 2.75) is 27.7 Å². The Morgan fingerprint density at radius 3 is 2.15 bits per heavy atom. The fourth-order valence-electron chi connectivity index (χ4n) is 0.867. The molecule has 0 spiro atoms. The largest absolute Gasteiger partial charge is 0.304 e. The lowest BCUT2D eigenvalue weighted by atomic mass is 10.2. The molecule has 0 bridgehead atoms. The lowest BCUT2D eigenvalue weighted by Gasteiger charge is -2.11. The van der Waals surface area contributed by atoms with E-state index in [0.29, 0.717) is 5.92 Å². The van der Waals surface area contributed by atoms with Gasteiger partial charge >= 0.3 is 0 Å². The summed E-state index contributed by atoms with van der Waals surface area (Å²) in [6.07, 6.45) is 2.01. The molecular weight excluding hydrogens is 160 g/mol. The van der Waals surface area contributed by atoms with E-state index in [4.69, 9.17) is 0 Å². The summed E-state index contributed by atoms with van der Waals surface area (Å²) in [6, 6.07) is 0. The Hall–Kier alpha value is -0.630. The molecule has 0 aromatic carbocycles. The Bertz CT molecular complexity index is 196. The molecule has 0 aromatic heterocycles. The van der Waals surface area contributed by atoms with Gasteiger partial charge in [-0.05, 0) is 33.9 Å². The lowest BCUT2D eigenvalue weighted by Crippen LogP contribution is -2.15. The van der Waals surface area contributed by atoms with Crippen LogP contribution < -0.4 is 0 Å². The molecule has 0 aliphatic carbocycles. The molecule has 0 fully saturated rings. The molecular formula is C11H22N2. The number of hydrogen-bond donors (Lipinski definition) is 0. The number of hydrogen-bond acceptors (Lipinski definition) is 2. The van der Waals surface area contributed by atoms with Gasteiger partial charge in [0.15, 0.2) is 0 Å². The highest BCUT2D eigenvalue weighted by molar-refractivity contribution is 5.61. The van der Waals surface area contributed by atoms with E-state index in [2.05, 4.69) is 51.7 Å². The van der Waals surface area contributed by atoms with Crippen LogP contribution in [0.5, 0.6) is 0 Å². The number of allylic oxidation sites excluding steroid dienone is 1. The Morgan fingerprint density at radius 1 is 1.31 bits per heavy atom. The van der Waals surface area contributed by atoms with Gasteiger partial charge in [-0.2, -0.15) is 0 Å². The second-order valence-electron chi connectivity index (χ2n) is 4.21. The predicted molar refractivity (Wildman–Crippen MR) is 60.3 cm³/mol. The van der Waals surface area contributed by atoms with Crippen molar-refractivity contribution in [3.8, 4) is 0 Å². The van der Waals surface area contributed by atoms with Crippen LogP contribution in [0, 0.1) is 5.92 Å². The van der Waals surface area contributed by atoms with Gasteiger partial charge in [-0.1, -0.05) is 19.4 Å². The van der Waals surface area contributed by atoms with E-state index in [9.17, 15) is 0 Å². The molecule has 0 saturated carbocycles. The average Bonchev–Trinajstić information content (AvgIpc) is 1.96. The van der Waals surface area contributed by atoms with E-state index in [-0.39, 0.29) is 0 Å². The van der Waals surface area contributed by atoms with Crippen LogP contribution in [-0.4, -0.2) is 31.8 Å². The predicted octanol–water partition coefficient (Wildman–Crippen LogP) is 2.57. The standard InChI is InChI=1S/C11H22N2/c1-9(2)7-12-11(10(3)4)8-13(5)6/h7,9H,8H2,1-6H3. The second-order valence-corrected chi connectivity index (χ2v) is 4.21. The van der Waals surface area contributed by atoms with Crippen molar-refractivity contribution in [3.63, 3.8) is 0 Å². The Labute approximate surface area is 82.4 Å². The highest BCUT2D eigenvalue weighted by Gasteiger charge is 1.98. The zero-order valence-electron chi connectivity index (χ0n) is 9.76. The Kier molecular flexibility index (Phi) is 5.63. The summed E-state index contributed by atoms with van der Waals surface area (Å²) in [6.45, 7) is 9.42. The van der Waals surface area contributed by atoms with Crippen molar-refractivity contribution in [1.29, 1.82) is 0 Å². The molecule has 0 saturated heterocycles. The smallest absolute Gasteiger partial charge is 0.0526 e. The van der Waals surface area contributed by atoms with E-state index >= 15 is 0 Å². The van der Waals surface area contributed by atoms with E-state index in [1.54, 1.807) is 0 Å². The van der Waals surface area contributed by atoms with Gasteiger partial charge in [-0.3, -0.25) is 4.99 Å². The van der Waals surface area contributed by atoms with Crippen LogP contribution in [0.25, 0.3) is 0 Å². The summed E-state index contributed by atoms with van der Waals surface area (Å²) in [5, 5.41) is 0. The molecule has 13 heavy (non-hydrogen) atoms. The summed E-state index contributed by atoms with van der Waals surface area (Å²) in [7, 11) is 4.13. The summed E-state index contributed by atoms with van der Waals surface area (Å²) in [5.41, 5.74) is 2.48. The first-order valence-electron chi connectivity index (χ1n) is 4.78. The second kappa shape index (κ2) is 5.92. The van der Waals surface area contributed by atoms with Crippen molar-refractivity contribution >= 4 is 6.21 Å². The minimum atomic E-state index is 0.525. The van der Waals surface area contributed by atoms with Crippen molar-refractivity contribution < 1.29 is 0 Å². The van der Waals surface area contributed by atoms with E-state index < -0.39 is 0 Å². The maximum atomic E-state index is 4.48. The topological polar surface area (TPSA) is 15.6 Å². The molecule has 0 radical (unpaired) electrons. The minimum Gasteiger partial charge on any atom is -0.304 e. The first-order valence-corrected chi connectivity index (χ1v) is 4.78. The van der Waals surface area contributed by atoms with E-state index in [0.717, 1.165) is 6.54 Å². The first kappa shape index (κ1) is 12.4. The van der Waals surface area contributed by atoms with Crippen LogP contribution in [0.1, 0.15) is 27.7 Å².